The number of thiazole rings is 1. The van der Waals surface area contributed by atoms with Gasteiger partial charge in [-0.3, -0.25) is 4.79 Å². The van der Waals surface area contributed by atoms with Crippen molar-refractivity contribution in [1.29, 1.82) is 0 Å². The number of aryl methyl sites for hydroxylation is 3. The highest BCUT2D eigenvalue weighted by atomic mass is 32.2. The van der Waals surface area contributed by atoms with Gasteiger partial charge in [0, 0.05) is 25.7 Å². The van der Waals surface area contributed by atoms with Gasteiger partial charge in [-0.2, -0.15) is 9.30 Å². The average molecular weight is 492 g/mol. The summed E-state index contributed by atoms with van der Waals surface area (Å²) in [6, 6.07) is 18.1. The van der Waals surface area contributed by atoms with Crippen LogP contribution in [-0.2, 0) is 30.0 Å². The molecule has 0 unspecified atom stereocenters. The maximum Gasteiger partial charge on any atom is 0.279 e. The van der Waals surface area contributed by atoms with E-state index in [1.54, 1.807) is 12.1 Å². The molecule has 0 radical (unpaired) electrons. The maximum absolute atomic E-state index is 13.2. The largest absolute Gasteiger partial charge is 0.319 e. The van der Waals surface area contributed by atoms with Gasteiger partial charge >= 0.3 is 0 Å². The first-order chi connectivity index (χ1) is 16.3. The van der Waals surface area contributed by atoms with Crippen molar-refractivity contribution >= 4 is 37.5 Å². The molecule has 6 nitrogen and oxygen atoms in total. The Balaban J connectivity index is 1.41. The Morgan fingerprint density at radius 1 is 0.971 bits per heavy atom. The van der Waals surface area contributed by atoms with Crippen molar-refractivity contribution in [3.63, 3.8) is 0 Å². The first kappa shape index (κ1) is 22.7. The number of rotatable bonds is 3. The first-order valence-corrected chi connectivity index (χ1v) is 13.3. The van der Waals surface area contributed by atoms with Crippen molar-refractivity contribution in [2.75, 3.05) is 6.54 Å². The number of sulfonamides is 1. The van der Waals surface area contributed by atoms with Gasteiger partial charge in [0.15, 0.2) is 4.80 Å². The lowest BCUT2D eigenvalue weighted by Crippen LogP contribution is -2.35. The van der Waals surface area contributed by atoms with E-state index in [9.17, 15) is 13.2 Å². The average Bonchev–Trinajstić information content (AvgIpc) is 3.16. The van der Waals surface area contributed by atoms with Crippen LogP contribution in [0.4, 0.5) is 0 Å². The second-order valence-corrected chi connectivity index (χ2v) is 11.5. The van der Waals surface area contributed by atoms with Gasteiger partial charge in [0.25, 0.3) is 5.91 Å². The molecule has 4 aromatic rings. The standard InChI is InChI=1S/C26H25N3O3S2/c1-17-8-13-23-24(18(17)2)28(3)26(33-23)27-25(30)20-9-11-22(12-10-20)34(31,32)29-15-14-19-6-4-5-7-21(19)16-29/h4-13H,14-16H2,1-3H3. The molecule has 0 saturated carbocycles. The number of benzene rings is 3. The molecule has 5 rings (SSSR count). The molecular formula is C26H25N3O3S2. The molecule has 0 spiro atoms. The van der Waals surface area contributed by atoms with Gasteiger partial charge in [-0.1, -0.05) is 41.7 Å². The molecular weight excluding hydrogens is 466 g/mol. The summed E-state index contributed by atoms with van der Waals surface area (Å²) in [5, 5.41) is 0. The third-order valence-electron chi connectivity index (χ3n) is 6.52. The lowest BCUT2D eigenvalue weighted by atomic mass is 10.0. The number of amides is 1. The Morgan fingerprint density at radius 3 is 2.41 bits per heavy atom. The van der Waals surface area contributed by atoms with Crippen LogP contribution in [0.1, 0.15) is 32.6 Å². The Hall–Kier alpha value is -3.07. The molecule has 34 heavy (non-hydrogen) atoms. The minimum Gasteiger partial charge on any atom is -0.319 e. The SMILES string of the molecule is Cc1ccc2sc(=NC(=O)c3ccc(S(=O)(=O)N4CCc5ccccc5C4)cc3)n(C)c2c1C. The summed E-state index contributed by atoms with van der Waals surface area (Å²) in [7, 11) is -1.74. The molecule has 174 valence electrons. The second kappa shape index (κ2) is 8.61. The van der Waals surface area contributed by atoms with Gasteiger partial charge in [0.2, 0.25) is 10.0 Å². The Bertz CT molecular complexity index is 1600. The van der Waals surface area contributed by atoms with E-state index in [-0.39, 0.29) is 4.90 Å². The molecule has 2 heterocycles. The quantitative estimate of drug-likeness (QED) is 0.428. The Labute approximate surface area is 202 Å². The number of aromatic nitrogens is 1. The minimum atomic E-state index is -3.65. The van der Waals surface area contributed by atoms with Crippen LogP contribution in [0, 0.1) is 13.8 Å². The molecule has 0 N–H and O–H groups in total. The summed E-state index contributed by atoms with van der Waals surface area (Å²) >= 11 is 1.46. The summed E-state index contributed by atoms with van der Waals surface area (Å²) in [4.78, 5) is 18.0. The number of fused-ring (bicyclic) bond motifs is 2. The topological polar surface area (TPSA) is 71.7 Å². The predicted molar refractivity (Wildman–Crippen MR) is 134 cm³/mol. The maximum atomic E-state index is 13.2. The van der Waals surface area contributed by atoms with Crippen LogP contribution in [0.3, 0.4) is 0 Å². The molecule has 0 fully saturated rings. The number of hydrogen-bond acceptors (Lipinski definition) is 4. The second-order valence-electron chi connectivity index (χ2n) is 8.60. The lowest BCUT2D eigenvalue weighted by molar-refractivity contribution is 0.0998. The zero-order valence-corrected chi connectivity index (χ0v) is 20.9. The number of carbonyl (C=O) groups is 1. The van der Waals surface area contributed by atoms with E-state index in [4.69, 9.17) is 0 Å². The monoisotopic (exact) mass is 491 g/mol. The fraction of sp³-hybridized carbons (Fsp3) is 0.231. The van der Waals surface area contributed by atoms with E-state index < -0.39 is 15.9 Å². The van der Waals surface area contributed by atoms with E-state index >= 15 is 0 Å². The molecule has 0 atom stereocenters. The highest BCUT2D eigenvalue weighted by Gasteiger charge is 2.28. The molecule has 1 aliphatic heterocycles. The molecule has 1 aromatic heterocycles. The minimum absolute atomic E-state index is 0.182. The molecule has 0 bridgehead atoms. The highest BCUT2D eigenvalue weighted by Crippen LogP contribution is 2.26. The molecule has 3 aromatic carbocycles. The van der Waals surface area contributed by atoms with Crippen LogP contribution in [-0.4, -0.2) is 29.7 Å². The number of hydrogen-bond donors (Lipinski definition) is 0. The van der Waals surface area contributed by atoms with E-state index in [1.165, 1.54) is 44.5 Å². The van der Waals surface area contributed by atoms with Gasteiger partial charge in [0.1, 0.15) is 0 Å². The zero-order chi connectivity index (χ0) is 24.0. The summed E-state index contributed by atoms with van der Waals surface area (Å²) in [6.07, 6.45) is 0.691. The third-order valence-corrected chi connectivity index (χ3v) is 9.48. The summed E-state index contributed by atoms with van der Waals surface area (Å²) in [6.45, 7) is 4.93. The third kappa shape index (κ3) is 3.91. The number of nitrogens with zero attached hydrogens (tertiary/aromatic N) is 3. The van der Waals surface area contributed by atoms with Gasteiger partial charge < -0.3 is 4.57 Å². The van der Waals surface area contributed by atoms with Crippen LogP contribution in [0.25, 0.3) is 10.2 Å². The predicted octanol–water partition coefficient (Wildman–Crippen LogP) is 4.34. The zero-order valence-electron chi connectivity index (χ0n) is 19.3. The lowest BCUT2D eigenvalue weighted by Gasteiger charge is -2.28. The van der Waals surface area contributed by atoms with Crippen molar-refractivity contribution in [2.45, 2.75) is 31.7 Å². The fourth-order valence-corrected chi connectivity index (χ4v) is 6.88. The summed E-state index contributed by atoms with van der Waals surface area (Å²) < 4.78 is 30.9. The van der Waals surface area contributed by atoms with Gasteiger partial charge in [-0.25, -0.2) is 8.42 Å². The van der Waals surface area contributed by atoms with E-state index in [2.05, 4.69) is 24.9 Å². The molecule has 1 aliphatic rings. The molecule has 1 amide bonds. The van der Waals surface area contributed by atoms with Crippen molar-refractivity contribution in [3.05, 3.63) is 93.3 Å². The van der Waals surface area contributed by atoms with Gasteiger partial charge in [-0.15, -0.1) is 0 Å². The van der Waals surface area contributed by atoms with Gasteiger partial charge in [0.05, 0.1) is 15.1 Å². The Morgan fingerprint density at radius 2 is 1.68 bits per heavy atom. The van der Waals surface area contributed by atoms with Crippen molar-refractivity contribution in [2.24, 2.45) is 12.0 Å². The van der Waals surface area contributed by atoms with E-state index in [0.717, 1.165) is 15.8 Å². The van der Waals surface area contributed by atoms with E-state index in [1.807, 2.05) is 41.9 Å². The van der Waals surface area contributed by atoms with Crippen molar-refractivity contribution < 1.29 is 13.2 Å². The summed E-state index contributed by atoms with van der Waals surface area (Å²) in [5.74, 6) is -0.396. The number of carbonyl (C=O) groups excluding carboxylic acids is 1. The van der Waals surface area contributed by atoms with Crippen LogP contribution in [0.2, 0.25) is 0 Å². The Kier molecular flexibility index (Phi) is 5.75. The highest BCUT2D eigenvalue weighted by molar-refractivity contribution is 7.89. The van der Waals surface area contributed by atoms with E-state index in [0.29, 0.717) is 29.9 Å². The van der Waals surface area contributed by atoms with Crippen LogP contribution >= 0.6 is 11.3 Å². The normalized spacial score (nSPS) is 15.0. The van der Waals surface area contributed by atoms with Crippen molar-refractivity contribution in [3.8, 4) is 0 Å². The van der Waals surface area contributed by atoms with Crippen LogP contribution in [0.5, 0.6) is 0 Å². The first-order valence-electron chi connectivity index (χ1n) is 11.1. The summed E-state index contributed by atoms with van der Waals surface area (Å²) in [5.41, 5.74) is 6.00. The fourth-order valence-electron chi connectivity index (χ4n) is 4.38. The molecule has 0 saturated heterocycles. The van der Waals surface area contributed by atoms with Crippen molar-refractivity contribution in [1.82, 2.24) is 8.87 Å². The van der Waals surface area contributed by atoms with Gasteiger partial charge in [-0.05, 0) is 72.9 Å². The van der Waals surface area contributed by atoms with Crippen LogP contribution < -0.4 is 4.80 Å². The molecule has 8 heteroatoms. The van der Waals surface area contributed by atoms with Crippen LogP contribution in [0.15, 0.2) is 70.6 Å². The molecule has 0 aliphatic carbocycles. The smallest absolute Gasteiger partial charge is 0.279 e.